The summed E-state index contributed by atoms with van der Waals surface area (Å²) in [5, 5.41) is 12.0. The number of aromatic nitrogens is 2. The van der Waals surface area contributed by atoms with Crippen molar-refractivity contribution < 1.29 is 5.11 Å². The van der Waals surface area contributed by atoms with E-state index in [-0.39, 0.29) is 5.92 Å². The Bertz CT molecular complexity index is 1190. The predicted molar refractivity (Wildman–Crippen MR) is 191 cm³/mol. The van der Waals surface area contributed by atoms with Crippen molar-refractivity contribution >= 4 is 17.7 Å². The van der Waals surface area contributed by atoms with Gasteiger partial charge in [0, 0.05) is 18.7 Å². The number of rotatable bonds is 8. The van der Waals surface area contributed by atoms with Crippen LogP contribution in [0.2, 0.25) is 0 Å². The van der Waals surface area contributed by atoms with E-state index >= 15 is 0 Å². The number of nitrogens with zero attached hydrogens (tertiary/aromatic N) is 3. The zero-order chi connectivity index (χ0) is 33.1. The van der Waals surface area contributed by atoms with Gasteiger partial charge in [-0.2, -0.15) is 0 Å². The molecule has 1 saturated carbocycles. The largest absolute Gasteiger partial charge is 0.391 e. The molecule has 1 aliphatic carbocycles. The molecule has 3 aromatic rings. The second-order valence-electron chi connectivity index (χ2n) is 12.6. The molecule has 0 amide bonds. The Kier molecular flexibility index (Phi) is 18.1. The van der Waals surface area contributed by atoms with E-state index in [2.05, 4.69) is 103 Å². The van der Waals surface area contributed by atoms with E-state index in [0.29, 0.717) is 18.9 Å². The van der Waals surface area contributed by atoms with Gasteiger partial charge in [0.05, 0.1) is 17.8 Å². The number of aryl methyl sites for hydroxylation is 1. The zero-order valence-corrected chi connectivity index (χ0v) is 28.9. The smallest absolute Gasteiger partial charge is 0.156 e. The second kappa shape index (κ2) is 20.6. The maximum Gasteiger partial charge on any atom is 0.156 e. The van der Waals surface area contributed by atoms with Crippen LogP contribution in [0.3, 0.4) is 0 Å². The molecule has 1 fully saturated rings. The molecule has 0 radical (unpaired) electrons. The summed E-state index contributed by atoms with van der Waals surface area (Å²) in [6, 6.07) is 21.0. The molecule has 0 spiro atoms. The van der Waals surface area contributed by atoms with Gasteiger partial charge in [-0.05, 0) is 77.3 Å². The summed E-state index contributed by atoms with van der Waals surface area (Å²) < 4.78 is 0. The molecule has 2 aromatic carbocycles. The van der Waals surface area contributed by atoms with Crippen LogP contribution in [0.15, 0.2) is 77.8 Å². The van der Waals surface area contributed by atoms with Crippen LogP contribution in [0, 0.1) is 18.8 Å². The van der Waals surface area contributed by atoms with Crippen LogP contribution in [0.4, 0.5) is 11.5 Å². The van der Waals surface area contributed by atoms with Crippen molar-refractivity contribution in [2.45, 2.75) is 106 Å². The lowest BCUT2D eigenvalue weighted by atomic mass is 9.91. The van der Waals surface area contributed by atoms with Gasteiger partial charge < -0.3 is 16.2 Å². The number of hydrogen-bond acceptors (Lipinski definition) is 6. The SMILES string of the molecule is C=C(C)C1CCC(C)C1.CC(C)(C)O.CC=Nc1c(C)nc(CN)nc1NCC(c1ccccc1)c1ccccc1.CCC. The van der Waals surface area contributed by atoms with Gasteiger partial charge >= 0.3 is 0 Å². The van der Waals surface area contributed by atoms with E-state index in [4.69, 9.17) is 10.8 Å². The summed E-state index contributed by atoms with van der Waals surface area (Å²) in [4.78, 5) is 13.4. The summed E-state index contributed by atoms with van der Waals surface area (Å²) in [6.45, 7) is 22.8. The Hall–Kier alpha value is -3.35. The van der Waals surface area contributed by atoms with Gasteiger partial charge in [0.15, 0.2) is 5.82 Å². The normalized spacial score (nSPS) is 15.8. The Morgan fingerprint density at radius 1 is 1.05 bits per heavy atom. The molecular formula is C38H59N5O. The van der Waals surface area contributed by atoms with Crippen molar-refractivity contribution in [3.05, 3.63) is 95.5 Å². The molecule has 2 atom stereocenters. The summed E-state index contributed by atoms with van der Waals surface area (Å²) in [7, 11) is 0. The number of allylic oxidation sites excluding steroid dienone is 1. The number of hydrogen-bond donors (Lipinski definition) is 3. The molecule has 4 N–H and O–H groups in total. The first-order valence-electron chi connectivity index (χ1n) is 16.1. The van der Waals surface area contributed by atoms with Gasteiger partial charge in [-0.3, -0.25) is 4.99 Å². The van der Waals surface area contributed by atoms with Crippen molar-refractivity contribution in [3.8, 4) is 0 Å². The van der Waals surface area contributed by atoms with Crippen LogP contribution in [-0.2, 0) is 6.54 Å². The van der Waals surface area contributed by atoms with Crippen LogP contribution in [0.25, 0.3) is 0 Å². The quantitative estimate of drug-likeness (QED) is 0.177. The average Bonchev–Trinajstić information content (AvgIpc) is 3.42. The maximum atomic E-state index is 8.52. The minimum atomic E-state index is -0.500. The number of nitrogens with two attached hydrogens (primary N) is 1. The van der Waals surface area contributed by atoms with E-state index < -0.39 is 5.60 Å². The van der Waals surface area contributed by atoms with E-state index in [1.165, 1.54) is 42.4 Å². The van der Waals surface area contributed by atoms with Crippen LogP contribution < -0.4 is 11.1 Å². The highest BCUT2D eigenvalue weighted by Gasteiger charge is 2.21. The van der Waals surface area contributed by atoms with Crippen molar-refractivity contribution in [1.82, 2.24) is 9.97 Å². The molecule has 1 aromatic heterocycles. The third kappa shape index (κ3) is 15.4. The topological polar surface area (TPSA) is 96.4 Å². The fourth-order valence-corrected chi connectivity index (χ4v) is 4.78. The van der Waals surface area contributed by atoms with Crippen molar-refractivity contribution in [2.75, 3.05) is 11.9 Å². The minimum Gasteiger partial charge on any atom is -0.391 e. The molecule has 44 heavy (non-hydrogen) atoms. The Morgan fingerprint density at radius 2 is 1.55 bits per heavy atom. The molecule has 0 saturated heterocycles. The molecule has 1 heterocycles. The van der Waals surface area contributed by atoms with Crippen LogP contribution in [0.1, 0.15) is 110 Å². The van der Waals surface area contributed by atoms with Crippen molar-refractivity contribution in [1.29, 1.82) is 0 Å². The van der Waals surface area contributed by atoms with E-state index in [0.717, 1.165) is 29.0 Å². The van der Waals surface area contributed by atoms with Gasteiger partial charge in [-0.15, -0.1) is 0 Å². The molecule has 2 unspecified atom stereocenters. The molecule has 1 aliphatic rings. The van der Waals surface area contributed by atoms with E-state index in [9.17, 15) is 0 Å². The molecule has 6 nitrogen and oxygen atoms in total. The van der Waals surface area contributed by atoms with Gasteiger partial charge in [-0.25, -0.2) is 9.97 Å². The zero-order valence-electron chi connectivity index (χ0n) is 28.9. The average molecular weight is 602 g/mol. The minimum absolute atomic E-state index is 0.197. The van der Waals surface area contributed by atoms with Gasteiger partial charge in [0.2, 0.25) is 0 Å². The highest BCUT2D eigenvalue weighted by Crippen LogP contribution is 2.34. The molecule has 242 valence electrons. The van der Waals surface area contributed by atoms with Crippen molar-refractivity contribution in [3.63, 3.8) is 0 Å². The van der Waals surface area contributed by atoms with Crippen molar-refractivity contribution in [2.24, 2.45) is 22.6 Å². The summed E-state index contributed by atoms with van der Waals surface area (Å²) >= 11 is 0. The first-order chi connectivity index (χ1) is 20.8. The molecule has 0 bridgehead atoms. The number of aliphatic imine (C=N–C) groups is 1. The maximum absolute atomic E-state index is 8.52. The molecular weight excluding hydrogens is 542 g/mol. The predicted octanol–water partition coefficient (Wildman–Crippen LogP) is 9.40. The number of nitrogens with one attached hydrogen (secondary N) is 1. The lowest BCUT2D eigenvalue weighted by Gasteiger charge is -2.20. The number of anilines is 1. The lowest BCUT2D eigenvalue weighted by molar-refractivity contribution is 0.102. The number of benzene rings is 2. The lowest BCUT2D eigenvalue weighted by Crippen LogP contribution is -2.16. The van der Waals surface area contributed by atoms with Crippen LogP contribution in [0.5, 0.6) is 0 Å². The first-order valence-corrected chi connectivity index (χ1v) is 16.1. The highest BCUT2D eigenvalue weighted by atomic mass is 16.3. The number of aliphatic hydroxyl groups is 1. The fourth-order valence-electron chi connectivity index (χ4n) is 4.78. The molecule has 6 heteroatoms. The highest BCUT2D eigenvalue weighted by molar-refractivity contribution is 5.70. The van der Waals surface area contributed by atoms with E-state index in [1.54, 1.807) is 27.0 Å². The molecule has 0 aliphatic heterocycles. The van der Waals surface area contributed by atoms with Crippen LogP contribution >= 0.6 is 0 Å². The Morgan fingerprint density at radius 3 is 1.91 bits per heavy atom. The molecule has 4 rings (SSSR count). The monoisotopic (exact) mass is 601 g/mol. The Balaban J connectivity index is 0.000000465. The standard InChI is InChI=1S/C22H25N5.C9H16.C4H10O.C3H8/c1-3-24-21-16(2)26-20(14-23)27-22(21)25-15-19(17-10-6-4-7-11-17)18-12-8-5-9-13-18;1-7(2)9-5-4-8(3)6-9;1-4(2,3)5;1-3-2/h3-13,19H,14-15,23H2,1-2H3,(H,25,26,27);8-9H,1,4-6H2,2-3H3;5H,1-3H3;3H2,1-2H3. The third-order valence-corrected chi connectivity index (χ3v) is 6.81. The second-order valence-corrected chi connectivity index (χ2v) is 12.6. The van der Waals surface area contributed by atoms with Gasteiger partial charge in [0.1, 0.15) is 11.5 Å². The van der Waals surface area contributed by atoms with Crippen LogP contribution in [-0.4, -0.2) is 33.4 Å². The third-order valence-electron chi connectivity index (χ3n) is 6.81. The Labute approximate surface area is 268 Å². The van der Waals surface area contributed by atoms with Gasteiger partial charge in [0.25, 0.3) is 0 Å². The summed E-state index contributed by atoms with van der Waals surface area (Å²) in [5.41, 5.74) is 10.7. The summed E-state index contributed by atoms with van der Waals surface area (Å²) in [6.07, 6.45) is 7.19. The van der Waals surface area contributed by atoms with Gasteiger partial charge in [-0.1, -0.05) is 106 Å². The summed E-state index contributed by atoms with van der Waals surface area (Å²) in [5.74, 6) is 3.33. The fraction of sp³-hybridized carbons (Fsp3) is 0.500. The first kappa shape index (κ1) is 38.7. The van der Waals surface area contributed by atoms with E-state index in [1.807, 2.05) is 26.0 Å².